The summed E-state index contributed by atoms with van der Waals surface area (Å²) >= 11 is 6.06. The Bertz CT molecular complexity index is 640. The number of halogens is 1. The van der Waals surface area contributed by atoms with Crippen molar-refractivity contribution in [3.05, 3.63) is 34.1 Å². The van der Waals surface area contributed by atoms with E-state index in [9.17, 15) is 4.79 Å². The minimum atomic E-state index is -0.940. The average Bonchev–Trinajstić information content (AvgIpc) is 3.12. The number of hydrogen-bond donors (Lipinski definition) is 1. The maximum Gasteiger partial charge on any atom is 0.336 e. The first-order valence-corrected chi connectivity index (χ1v) is 8.06. The first kappa shape index (κ1) is 13.1. The Morgan fingerprint density at radius 3 is 2.95 bits per heavy atom. The quantitative estimate of drug-likeness (QED) is 0.895. The van der Waals surface area contributed by atoms with Gasteiger partial charge >= 0.3 is 5.97 Å². The van der Waals surface area contributed by atoms with Crippen molar-refractivity contribution in [2.24, 2.45) is 0 Å². The van der Waals surface area contributed by atoms with Crippen LogP contribution in [0.15, 0.2) is 31.9 Å². The van der Waals surface area contributed by atoms with Gasteiger partial charge in [-0.25, -0.2) is 9.78 Å². The molecular formula is C12H9BrN2O2S2. The fourth-order valence-electron chi connectivity index (χ4n) is 1.60. The standard InChI is InChI=1S/C12H9BrN2O2S2/c13-9-4-3-7(5-8(9)11(16)17)18-12-14-10(15-19-12)6-1-2-6/h3-6H,1-2H2,(H,16,17). The second-order valence-corrected chi connectivity index (χ2v) is 7.17. The van der Waals surface area contributed by atoms with Crippen LogP contribution >= 0.6 is 39.2 Å². The van der Waals surface area contributed by atoms with Crippen molar-refractivity contribution in [1.29, 1.82) is 0 Å². The van der Waals surface area contributed by atoms with Gasteiger partial charge in [-0.05, 0) is 58.5 Å². The minimum absolute atomic E-state index is 0.261. The lowest BCUT2D eigenvalue weighted by atomic mass is 10.2. The summed E-state index contributed by atoms with van der Waals surface area (Å²) in [6.45, 7) is 0. The summed E-state index contributed by atoms with van der Waals surface area (Å²) in [7, 11) is 0. The summed E-state index contributed by atoms with van der Waals surface area (Å²) in [6, 6.07) is 5.27. The number of carboxylic acids is 1. The summed E-state index contributed by atoms with van der Waals surface area (Å²) in [5.41, 5.74) is 0.261. The SMILES string of the molecule is O=C(O)c1cc(Sc2nc(C3CC3)ns2)ccc1Br. The molecule has 4 nitrogen and oxygen atoms in total. The summed E-state index contributed by atoms with van der Waals surface area (Å²) in [4.78, 5) is 16.4. The van der Waals surface area contributed by atoms with Gasteiger partial charge in [-0.15, -0.1) is 0 Å². The Hall–Kier alpha value is -0.920. The van der Waals surface area contributed by atoms with E-state index in [1.165, 1.54) is 36.1 Å². The molecule has 0 unspecified atom stereocenters. The number of benzene rings is 1. The van der Waals surface area contributed by atoms with E-state index in [0.29, 0.717) is 10.4 Å². The molecule has 0 aliphatic heterocycles. The molecule has 1 fully saturated rings. The summed E-state index contributed by atoms with van der Waals surface area (Å²) in [6.07, 6.45) is 2.37. The lowest BCUT2D eigenvalue weighted by Crippen LogP contribution is -1.97. The first-order chi connectivity index (χ1) is 9.13. The van der Waals surface area contributed by atoms with Crippen LogP contribution in [0.4, 0.5) is 0 Å². The molecule has 1 aromatic carbocycles. The fraction of sp³-hybridized carbons (Fsp3) is 0.250. The van der Waals surface area contributed by atoms with E-state index in [0.717, 1.165) is 15.1 Å². The van der Waals surface area contributed by atoms with Crippen LogP contribution in [-0.4, -0.2) is 20.4 Å². The number of aromatic carboxylic acids is 1. The molecular weight excluding hydrogens is 348 g/mol. The maximum atomic E-state index is 11.1. The Balaban J connectivity index is 1.81. The highest BCUT2D eigenvalue weighted by Gasteiger charge is 2.27. The smallest absolute Gasteiger partial charge is 0.336 e. The van der Waals surface area contributed by atoms with Crippen molar-refractivity contribution in [3.8, 4) is 0 Å². The van der Waals surface area contributed by atoms with E-state index in [4.69, 9.17) is 5.11 Å². The monoisotopic (exact) mass is 356 g/mol. The summed E-state index contributed by atoms with van der Waals surface area (Å²) in [5.74, 6) is 0.540. The number of rotatable bonds is 4. The third kappa shape index (κ3) is 2.98. The van der Waals surface area contributed by atoms with Gasteiger partial charge < -0.3 is 5.11 Å². The summed E-state index contributed by atoms with van der Waals surface area (Å²) < 4.78 is 5.78. The fourth-order valence-corrected chi connectivity index (χ4v) is 3.72. The van der Waals surface area contributed by atoms with E-state index in [2.05, 4.69) is 25.3 Å². The molecule has 3 rings (SSSR count). The molecule has 0 spiro atoms. The number of aromatic nitrogens is 2. The zero-order valence-corrected chi connectivity index (χ0v) is 12.9. The Labute approximate surface area is 126 Å². The molecule has 0 bridgehead atoms. The van der Waals surface area contributed by atoms with Gasteiger partial charge in [0.05, 0.1) is 5.56 Å². The molecule has 1 aromatic heterocycles. The van der Waals surface area contributed by atoms with Gasteiger partial charge in [-0.1, -0.05) is 11.8 Å². The van der Waals surface area contributed by atoms with Crippen LogP contribution in [0.1, 0.15) is 34.9 Å². The Morgan fingerprint density at radius 1 is 1.47 bits per heavy atom. The summed E-state index contributed by atoms with van der Waals surface area (Å²) in [5, 5.41) is 9.08. The molecule has 7 heteroatoms. The highest BCUT2D eigenvalue weighted by molar-refractivity contribution is 9.10. The molecule has 1 aliphatic rings. The molecule has 1 N–H and O–H groups in total. The van der Waals surface area contributed by atoms with Gasteiger partial charge in [0.25, 0.3) is 0 Å². The first-order valence-electron chi connectivity index (χ1n) is 5.68. The van der Waals surface area contributed by atoms with Crippen molar-refractivity contribution in [1.82, 2.24) is 9.36 Å². The number of carbonyl (C=O) groups is 1. The van der Waals surface area contributed by atoms with Gasteiger partial charge in [0.2, 0.25) is 0 Å². The minimum Gasteiger partial charge on any atom is -0.478 e. The van der Waals surface area contributed by atoms with Gasteiger partial charge in [0.15, 0.2) is 4.34 Å². The second-order valence-electron chi connectivity index (χ2n) is 4.24. The molecule has 98 valence electrons. The second kappa shape index (κ2) is 5.22. The van der Waals surface area contributed by atoms with E-state index in [1.807, 2.05) is 6.07 Å². The highest BCUT2D eigenvalue weighted by atomic mass is 79.9. The number of nitrogens with zero attached hydrogens (tertiary/aromatic N) is 2. The number of carboxylic acid groups (broad SMARTS) is 1. The van der Waals surface area contributed by atoms with Crippen LogP contribution in [0.2, 0.25) is 0 Å². The highest BCUT2D eigenvalue weighted by Crippen LogP contribution is 2.40. The van der Waals surface area contributed by atoms with E-state index < -0.39 is 5.97 Å². The normalized spacial score (nSPS) is 14.6. The van der Waals surface area contributed by atoms with Crippen LogP contribution in [0.3, 0.4) is 0 Å². The third-order valence-electron chi connectivity index (χ3n) is 2.74. The third-order valence-corrected chi connectivity index (χ3v) is 5.19. The molecule has 1 saturated carbocycles. The molecule has 1 aliphatic carbocycles. The maximum absolute atomic E-state index is 11.1. The van der Waals surface area contributed by atoms with Crippen LogP contribution in [0, 0.1) is 0 Å². The van der Waals surface area contributed by atoms with E-state index in [1.54, 1.807) is 12.1 Å². The van der Waals surface area contributed by atoms with Gasteiger partial charge in [0, 0.05) is 15.3 Å². The lowest BCUT2D eigenvalue weighted by Gasteiger charge is -2.02. The van der Waals surface area contributed by atoms with Crippen molar-refractivity contribution < 1.29 is 9.90 Å². The molecule has 19 heavy (non-hydrogen) atoms. The van der Waals surface area contributed by atoms with Crippen molar-refractivity contribution in [3.63, 3.8) is 0 Å². The molecule has 2 aromatic rings. The molecule has 0 radical (unpaired) electrons. The van der Waals surface area contributed by atoms with Crippen LogP contribution in [0.5, 0.6) is 0 Å². The van der Waals surface area contributed by atoms with Crippen molar-refractivity contribution in [2.75, 3.05) is 0 Å². The van der Waals surface area contributed by atoms with Gasteiger partial charge in [-0.3, -0.25) is 0 Å². The predicted molar refractivity (Wildman–Crippen MR) is 77.1 cm³/mol. The van der Waals surface area contributed by atoms with Gasteiger partial charge in [-0.2, -0.15) is 4.37 Å². The van der Waals surface area contributed by atoms with E-state index in [-0.39, 0.29) is 5.56 Å². The molecule has 0 atom stereocenters. The lowest BCUT2D eigenvalue weighted by molar-refractivity contribution is 0.0695. The Morgan fingerprint density at radius 2 is 2.26 bits per heavy atom. The zero-order valence-electron chi connectivity index (χ0n) is 9.67. The average molecular weight is 357 g/mol. The van der Waals surface area contributed by atoms with Gasteiger partial charge in [0.1, 0.15) is 5.82 Å². The number of hydrogen-bond acceptors (Lipinski definition) is 5. The zero-order chi connectivity index (χ0) is 13.4. The van der Waals surface area contributed by atoms with Crippen LogP contribution < -0.4 is 0 Å². The Kier molecular flexibility index (Phi) is 3.60. The predicted octanol–water partition coefficient (Wildman–Crippen LogP) is 4.03. The largest absolute Gasteiger partial charge is 0.478 e. The topological polar surface area (TPSA) is 63.1 Å². The van der Waals surface area contributed by atoms with Crippen molar-refractivity contribution >= 4 is 45.2 Å². The van der Waals surface area contributed by atoms with E-state index >= 15 is 0 Å². The van der Waals surface area contributed by atoms with Crippen molar-refractivity contribution in [2.45, 2.75) is 28.0 Å². The molecule has 1 heterocycles. The van der Waals surface area contributed by atoms with Crippen LogP contribution in [0.25, 0.3) is 0 Å². The van der Waals surface area contributed by atoms with Crippen LogP contribution in [-0.2, 0) is 0 Å². The molecule has 0 saturated heterocycles. The molecule has 0 amide bonds.